The highest BCUT2D eigenvalue weighted by molar-refractivity contribution is 5.92. The van der Waals surface area contributed by atoms with Crippen molar-refractivity contribution in [3.05, 3.63) is 59.7 Å². The van der Waals surface area contributed by atoms with Crippen LogP contribution in [0.15, 0.2) is 42.5 Å². The van der Waals surface area contributed by atoms with Crippen molar-refractivity contribution < 1.29 is 28.2 Å². The molecule has 2 aromatic rings. The quantitative estimate of drug-likeness (QED) is 0.531. The van der Waals surface area contributed by atoms with Crippen molar-refractivity contribution in [1.82, 2.24) is 0 Å². The Balaban J connectivity index is 1.40. The lowest BCUT2D eigenvalue weighted by atomic mass is 10.2. The number of halogens is 2. The van der Waals surface area contributed by atoms with E-state index < -0.39 is 5.82 Å². The van der Waals surface area contributed by atoms with E-state index in [9.17, 15) is 18.4 Å². The number of hydrogen-bond donors (Lipinski definition) is 4. The van der Waals surface area contributed by atoms with Crippen molar-refractivity contribution in [2.24, 2.45) is 0 Å². The highest BCUT2D eigenvalue weighted by Crippen LogP contribution is 2.13. The lowest BCUT2D eigenvalue weighted by Crippen LogP contribution is -3.28. The molecular weight excluding hydrogens is 378 g/mol. The number of para-hydroxylation sites is 1. The van der Waals surface area contributed by atoms with Gasteiger partial charge in [0.1, 0.15) is 37.8 Å². The second-order valence-corrected chi connectivity index (χ2v) is 7.39. The van der Waals surface area contributed by atoms with Crippen LogP contribution < -0.4 is 20.4 Å². The molecule has 6 nitrogen and oxygen atoms in total. The van der Waals surface area contributed by atoms with E-state index in [4.69, 9.17) is 0 Å². The van der Waals surface area contributed by atoms with E-state index in [2.05, 4.69) is 10.6 Å². The zero-order chi connectivity index (χ0) is 20.8. The summed E-state index contributed by atoms with van der Waals surface area (Å²) >= 11 is 0. The number of carbonyl (C=O) groups excluding carboxylic acids is 2. The molecule has 1 heterocycles. The molecule has 2 aromatic carbocycles. The van der Waals surface area contributed by atoms with Crippen LogP contribution in [-0.4, -0.2) is 51.1 Å². The third-order valence-corrected chi connectivity index (χ3v) is 5.09. The van der Waals surface area contributed by atoms with E-state index >= 15 is 0 Å². The molecule has 0 spiro atoms. The number of benzene rings is 2. The average molecular weight is 404 g/mol. The molecule has 0 atom stereocenters. The summed E-state index contributed by atoms with van der Waals surface area (Å²) in [4.78, 5) is 26.6. The number of piperazine rings is 1. The number of amides is 2. The lowest BCUT2D eigenvalue weighted by molar-refractivity contribution is -1.00. The minimum atomic E-state index is -0.454. The highest BCUT2D eigenvalue weighted by atomic mass is 19.1. The van der Waals surface area contributed by atoms with Gasteiger partial charge in [0, 0.05) is 5.69 Å². The molecule has 0 radical (unpaired) electrons. The molecular formula is C21H26F2N4O2+2. The van der Waals surface area contributed by atoms with Crippen molar-refractivity contribution in [2.75, 3.05) is 49.9 Å². The van der Waals surface area contributed by atoms with Gasteiger partial charge in [-0.1, -0.05) is 18.2 Å². The number of anilines is 2. The number of quaternary nitrogens is 2. The molecule has 2 amide bonds. The van der Waals surface area contributed by atoms with Crippen molar-refractivity contribution >= 4 is 23.2 Å². The van der Waals surface area contributed by atoms with Crippen LogP contribution in [-0.2, 0) is 9.59 Å². The molecule has 1 aliphatic heterocycles. The van der Waals surface area contributed by atoms with E-state index in [1.165, 1.54) is 18.2 Å². The molecule has 1 saturated heterocycles. The average Bonchev–Trinajstić information content (AvgIpc) is 2.68. The largest absolute Gasteiger partial charge is 0.321 e. The van der Waals surface area contributed by atoms with E-state index in [0.717, 1.165) is 36.0 Å². The normalized spacial score (nSPS) is 18.9. The first kappa shape index (κ1) is 20.9. The van der Waals surface area contributed by atoms with Crippen molar-refractivity contribution in [2.45, 2.75) is 6.92 Å². The molecule has 0 saturated carbocycles. The van der Waals surface area contributed by atoms with E-state index in [1.807, 2.05) is 0 Å². The number of hydrogen-bond acceptors (Lipinski definition) is 2. The van der Waals surface area contributed by atoms with E-state index in [-0.39, 0.29) is 29.9 Å². The molecule has 4 N–H and O–H groups in total. The standard InChI is InChI=1S/C21H24F2N4O2/c1-15-6-7-16(12-18(15)23)24-20(28)13-26-8-10-27(11-9-26)14-21(29)25-19-5-3-2-4-17(19)22/h2-7,12H,8-11,13-14H2,1H3,(H,24,28)(H,25,29)/p+2. The maximum Gasteiger partial charge on any atom is 0.279 e. The molecule has 0 bridgehead atoms. The smallest absolute Gasteiger partial charge is 0.279 e. The van der Waals surface area contributed by atoms with Gasteiger partial charge in [-0.3, -0.25) is 9.59 Å². The molecule has 8 heteroatoms. The van der Waals surface area contributed by atoms with Crippen molar-refractivity contribution in [3.8, 4) is 0 Å². The van der Waals surface area contributed by atoms with Gasteiger partial charge in [-0.15, -0.1) is 0 Å². The van der Waals surface area contributed by atoms with Gasteiger partial charge in [-0.2, -0.15) is 0 Å². The van der Waals surface area contributed by atoms with Gasteiger partial charge in [-0.25, -0.2) is 8.78 Å². The van der Waals surface area contributed by atoms with Crippen LogP contribution >= 0.6 is 0 Å². The SMILES string of the molecule is Cc1ccc(NC(=O)C[NH+]2CC[NH+](CC(=O)Nc3ccccc3F)CC2)cc1F. The summed E-state index contributed by atoms with van der Waals surface area (Å²) in [6.45, 7) is 5.21. The summed E-state index contributed by atoms with van der Waals surface area (Å²) in [5, 5.41) is 5.33. The first-order chi connectivity index (χ1) is 13.9. The predicted molar refractivity (Wildman–Crippen MR) is 106 cm³/mol. The Morgan fingerprint density at radius 2 is 1.45 bits per heavy atom. The minimum absolute atomic E-state index is 0.163. The molecule has 1 fully saturated rings. The Morgan fingerprint density at radius 1 is 0.862 bits per heavy atom. The first-order valence-electron chi connectivity index (χ1n) is 9.68. The molecule has 0 aromatic heterocycles. The van der Waals surface area contributed by atoms with Crippen LogP contribution in [0.5, 0.6) is 0 Å². The summed E-state index contributed by atoms with van der Waals surface area (Å²) in [5.74, 6) is -1.19. The van der Waals surface area contributed by atoms with Gasteiger partial charge in [0.05, 0.1) is 5.69 Å². The zero-order valence-corrected chi connectivity index (χ0v) is 16.4. The fourth-order valence-corrected chi connectivity index (χ4v) is 3.40. The highest BCUT2D eigenvalue weighted by Gasteiger charge is 2.26. The topological polar surface area (TPSA) is 67.1 Å². The van der Waals surface area contributed by atoms with Crippen LogP contribution in [0.3, 0.4) is 0 Å². The monoisotopic (exact) mass is 404 g/mol. The second-order valence-electron chi connectivity index (χ2n) is 7.39. The molecule has 3 rings (SSSR count). The Morgan fingerprint density at radius 3 is 2.03 bits per heavy atom. The minimum Gasteiger partial charge on any atom is -0.321 e. The summed E-state index contributed by atoms with van der Waals surface area (Å²) in [7, 11) is 0. The number of rotatable bonds is 6. The lowest BCUT2D eigenvalue weighted by Gasteiger charge is -2.29. The van der Waals surface area contributed by atoms with Crippen LogP contribution in [0.1, 0.15) is 5.56 Å². The molecule has 0 aliphatic carbocycles. The molecule has 1 aliphatic rings. The molecule has 0 unspecified atom stereocenters. The van der Waals surface area contributed by atoms with E-state index in [0.29, 0.717) is 17.8 Å². The van der Waals surface area contributed by atoms with Crippen molar-refractivity contribution in [3.63, 3.8) is 0 Å². The zero-order valence-electron chi connectivity index (χ0n) is 16.4. The fourth-order valence-electron chi connectivity index (χ4n) is 3.40. The van der Waals surface area contributed by atoms with Gasteiger partial charge >= 0.3 is 0 Å². The van der Waals surface area contributed by atoms with Gasteiger partial charge < -0.3 is 20.4 Å². The van der Waals surface area contributed by atoms with Gasteiger partial charge in [-0.05, 0) is 36.8 Å². The van der Waals surface area contributed by atoms with E-state index in [1.54, 1.807) is 31.2 Å². The summed E-state index contributed by atoms with van der Waals surface area (Å²) < 4.78 is 27.2. The third kappa shape index (κ3) is 6.07. The second kappa shape index (κ2) is 9.58. The first-order valence-corrected chi connectivity index (χ1v) is 9.68. The molecule has 29 heavy (non-hydrogen) atoms. The Hall–Kier alpha value is -2.84. The Labute approximate surface area is 168 Å². The fraction of sp³-hybridized carbons (Fsp3) is 0.333. The number of carbonyl (C=O) groups is 2. The van der Waals surface area contributed by atoms with Gasteiger partial charge in [0.15, 0.2) is 13.1 Å². The number of aryl methyl sites for hydroxylation is 1. The predicted octanol–water partition coefficient (Wildman–Crippen LogP) is -0.366. The molecule has 154 valence electrons. The summed E-state index contributed by atoms with van der Waals surface area (Å²) in [6.07, 6.45) is 0. The van der Waals surface area contributed by atoms with Crippen LogP contribution in [0.4, 0.5) is 20.2 Å². The Bertz CT molecular complexity index is 883. The summed E-state index contributed by atoms with van der Waals surface area (Å²) in [6, 6.07) is 10.7. The maximum absolute atomic E-state index is 13.6. The van der Waals surface area contributed by atoms with Crippen LogP contribution in [0.2, 0.25) is 0 Å². The van der Waals surface area contributed by atoms with Gasteiger partial charge in [0.25, 0.3) is 11.8 Å². The third-order valence-electron chi connectivity index (χ3n) is 5.09. The van der Waals surface area contributed by atoms with Crippen LogP contribution in [0.25, 0.3) is 0 Å². The summed E-state index contributed by atoms with van der Waals surface area (Å²) in [5.41, 5.74) is 1.17. The maximum atomic E-state index is 13.6. The van der Waals surface area contributed by atoms with Crippen molar-refractivity contribution in [1.29, 1.82) is 0 Å². The van der Waals surface area contributed by atoms with Crippen LogP contribution in [0, 0.1) is 18.6 Å². The Kier molecular flexibility index (Phi) is 6.90. The number of nitrogens with one attached hydrogen (secondary N) is 4. The van der Waals surface area contributed by atoms with Gasteiger partial charge in [0.2, 0.25) is 0 Å².